The molecule has 1 saturated carbocycles. The summed E-state index contributed by atoms with van der Waals surface area (Å²) >= 11 is 5.89. The maximum atomic E-state index is 12.5. The molecule has 0 aromatic heterocycles. The van der Waals surface area contributed by atoms with Crippen LogP contribution >= 0.6 is 11.6 Å². The molecule has 0 bridgehead atoms. The topological polar surface area (TPSA) is 46.6 Å². The van der Waals surface area contributed by atoms with Crippen LogP contribution in [0.2, 0.25) is 5.02 Å². The summed E-state index contributed by atoms with van der Waals surface area (Å²) in [4.78, 5) is 26.1. The van der Waals surface area contributed by atoms with E-state index < -0.39 is 5.41 Å². The second kappa shape index (κ2) is 6.65. The molecule has 0 N–H and O–H groups in total. The van der Waals surface area contributed by atoms with E-state index in [0.717, 1.165) is 24.1 Å². The number of para-hydroxylation sites is 1. The van der Waals surface area contributed by atoms with Crippen molar-refractivity contribution in [1.82, 2.24) is 0 Å². The van der Waals surface area contributed by atoms with Crippen molar-refractivity contribution < 1.29 is 14.3 Å². The number of anilines is 1. The maximum absolute atomic E-state index is 12.5. The van der Waals surface area contributed by atoms with Gasteiger partial charge in [0, 0.05) is 17.8 Å². The molecule has 24 heavy (non-hydrogen) atoms. The van der Waals surface area contributed by atoms with Crippen molar-refractivity contribution >= 4 is 29.2 Å². The van der Waals surface area contributed by atoms with Crippen LogP contribution in [0.15, 0.2) is 54.6 Å². The van der Waals surface area contributed by atoms with Gasteiger partial charge in [-0.1, -0.05) is 41.9 Å². The number of carbonyl (C=O) groups excluding carboxylic acids is 2. The molecule has 3 rings (SSSR count). The average Bonchev–Trinajstić information content (AvgIpc) is 3.42. The summed E-state index contributed by atoms with van der Waals surface area (Å²) in [6.07, 6.45) is 1.46. The molecule has 1 aliphatic rings. The van der Waals surface area contributed by atoms with Crippen molar-refractivity contribution in [2.75, 3.05) is 18.6 Å². The molecule has 124 valence electrons. The molecule has 1 amide bonds. The van der Waals surface area contributed by atoms with Crippen LogP contribution in [0.5, 0.6) is 0 Å². The number of nitrogens with zero attached hydrogens (tertiary/aromatic N) is 1. The zero-order chi connectivity index (χ0) is 17.2. The lowest BCUT2D eigenvalue weighted by Crippen LogP contribution is -2.33. The minimum atomic E-state index is -0.615. The number of benzene rings is 2. The van der Waals surface area contributed by atoms with Crippen LogP contribution in [0.1, 0.15) is 18.4 Å². The summed E-state index contributed by atoms with van der Waals surface area (Å²) in [5.74, 6) is -0.610. The Balaban J connectivity index is 1.61. The first-order valence-electron chi connectivity index (χ1n) is 7.78. The third-order valence-corrected chi connectivity index (χ3v) is 4.63. The number of ether oxygens (including phenoxy) is 1. The fourth-order valence-corrected chi connectivity index (χ4v) is 2.79. The lowest BCUT2D eigenvalue weighted by Gasteiger charge is -2.19. The molecule has 4 nitrogen and oxygen atoms in total. The van der Waals surface area contributed by atoms with Crippen LogP contribution in [0.3, 0.4) is 0 Å². The van der Waals surface area contributed by atoms with Gasteiger partial charge in [-0.05, 0) is 42.7 Å². The fourth-order valence-electron chi connectivity index (χ4n) is 2.66. The Kier molecular flexibility index (Phi) is 4.58. The molecule has 0 spiro atoms. The number of rotatable bonds is 5. The number of hydrogen-bond donors (Lipinski definition) is 0. The molecule has 5 heteroatoms. The summed E-state index contributed by atoms with van der Waals surface area (Å²) in [7, 11) is 1.66. The maximum Gasteiger partial charge on any atom is 0.317 e. The van der Waals surface area contributed by atoms with E-state index in [0.29, 0.717) is 5.02 Å². The molecular formula is C19H18ClNO3. The Morgan fingerprint density at radius 2 is 1.71 bits per heavy atom. The Morgan fingerprint density at radius 1 is 1.08 bits per heavy atom. The van der Waals surface area contributed by atoms with Gasteiger partial charge in [-0.3, -0.25) is 9.59 Å². The summed E-state index contributed by atoms with van der Waals surface area (Å²) < 4.78 is 5.30. The lowest BCUT2D eigenvalue weighted by molar-refractivity contribution is -0.150. The molecule has 0 unspecified atom stereocenters. The monoisotopic (exact) mass is 343 g/mol. The van der Waals surface area contributed by atoms with E-state index in [-0.39, 0.29) is 18.5 Å². The van der Waals surface area contributed by atoms with Crippen LogP contribution in [0, 0.1) is 0 Å². The number of likely N-dealkylation sites (N-methyl/N-ethyl adjacent to an activating group) is 1. The molecule has 0 heterocycles. The second-order valence-corrected chi connectivity index (χ2v) is 6.39. The van der Waals surface area contributed by atoms with Gasteiger partial charge < -0.3 is 9.64 Å². The predicted octanol–water partition coefficient (Wildman–Crippen LogP) is 3.58. The Labute approximate surface area is 146 Å². The van der Waals surface area contributed by atoms with E-state index in [9.17, 15) is 9.59 Å². The molecule has 2 aromatic carbocycles. The Bertz CT molecular complexity index is 739. The van der Waals surface area contributed by atoms with E-state index >= 15 is 0 Å². The number of hydrogen-bond acceptors (Lipinski definition) is 3. The van der Waals surface area contributed by atoms with Crippen molar-refractivity contribution in [3.63, 3.8) is 0 Å². The van der Waals surface area contributed by atoms with Gasteiger partial charge in [-0.2, -0.15) is 0 Å². The Morgan fingerprint density at radius 3 is 2.29 bits per heavy atom. The molecule has 2 aromatic rings. The minimum Gasteiger partial charge on any atom is -0.455 e. The number of carbonyl (C=O) groups is 2. The van der Waals surface area contributed by atoms with Crippen molar-refractivity contribution in [2.24, 2.45) is 0 Å². The fraction of sp³-hybridized carbons (Fsp3) is 0.263. The first kappa shape index (κ1) is 16.5. The quantitative estimate of drug-likeness (QED) is 0.780. The zero-order valence-electron chi connectivity index (χ0n) is 13.4. The van der Waals surface area contributed by atoms with Crippen molar-refractivity contribution in [3.8, 4) is 0 Å². The minimum absolute atomic E-state index is 0.263. The SMILES string of the molecule is CN(C(=O)COC(=O)C1(c2ccc(Cl)cc2)CC1)c1ccccc1. The molecule has 0 aliphatic heterocycles. The van der Waals surface area contributed by atoms with E-state index in [4.69, 9.17) is 16.3 Å². The summed E-state index contributed by atoms with van der Waals surface area (Å²) in [5, 5.41) is 0.627. The third-order valence-electron chi connectivity index (χ3n) is 4.38. The van der Waals surface area contributed by atoms with E-state index in [1.807, 2.05) is 42.5 Å². The van der Waals surface area contributed by atoms with Crippen LogP contribution in [-0.4, -0.2) is 25.5 Å². The van der Waals surface area contributed by atoms with Gasteiger partial charge in [0.05, 0.1) is 5.41 Å². The summed E-state index contributed by atoms with van der Waals surface area (Å²) in [6.45, 7) is -0.264. The Hall–Kier alpha value is -2.33. The highest BCUT2D eigenvalue weighted by atomic mass is 35.5. The second-order valence-electron chi connectivity index (χ2n) is 5.95. The third kappa shape index (κ3) is 3.29. The summed E-state index contributed by atoms with van der Waals surface area (Å²) in [6, 6.07) is 16.5. The van der Waals surface area contributed by atoms with Gasteiger partial charge in [0.25, 0.3) is 5.91 Å². The van der Waals surface area contributed by atoms with Gasteiger partial charge in [0.2, 0.25) is 0 Å². The van der Waals surface area contributed by atoms with E-state index in [2.05, 4.69) is 0 Å². The van der Waals surface area contributed by atoms with Gasteiger partial charge in [-0.25, -0.2) is 0 Å². The first-order valence-corrected chi connectivity index (χ1v) is 8.16. The van der Waals surface area contributed by atoms with Crippen LogP contribution < -0.4 is 4.90 Å². The van der Waals surface area contributed by atoms with Crippen LogP contribution in [0.4, 0.5) is 5.69 Å². The lowest BCUT2D eigenvalue weighted by atomic mass is 9.96. The average molecular weight is 344 g/mol. The number of amides is 1. The number of halogens is 1. The zero-order valence-corrected chi connectivity index (χ0v) is 14.1. The van der Waals surface area contributed by atoms with Gasteiger partial charge in [0.1, 0.15) is 0 Å². The molecule has 0 atom stereocenters. The van der Waals surface area contributed by atoms with E-state index in [1.54, 1.807) is 19.2 Å². The molecule has 0 radical (unpaired) electrons. The molecule has 1 aliphatic carbocycles. The predicted molar refractivity (Wildman–Crippen MR) is 93.2 cm³/mol. The highest BCUT2D eigenvalue weighted by Crippen LogP contribution is 2.49. The number of esters is 1. The van der Waals surface area contributed by atoms with Gasteiger partial charge in [0.15, 0.2) is 6.61 Å². The van der Waals surface area contributed by atoms with Gasteiger partial charge in [-0.15, -0.1) is 0 Å². The molecule has 0 saturated heterocycles. The standard InChI is InChI=1S/C19H18ClNO3/c1-21(16-5-3-2-4-6-16)17(22)13-24-18(23)19(11-12-19)14-7-9-15(20)10-8-14/h2-10H,11-13H2,1H3. The van der Waals surface area contributed by atoms with Crippen LogP contribution in [0.25, 0.3) is 0 Å². The van der Waals surface area contributed by atoms with Crippen molar-refractivity contribution in [2.45, 2.75) is 18.3 Å². The van der Waals surface area contributed by atoms with E-state index in [1.165, 1.54) is 4.90 Å². The van der Waals surface area contributed by atoms with Crippen molar-refractivity contribution in [3.05, 3.63) is 65.2 Å². The van der Waals surface area contributed by atoms with Crippen molar-refractivity contribution in [1.29, 1.82) is 0 Å². The highest BCUT2D eigenvalue weighted by Gasteiger charge is 2.52. The summed E-state index contributed by atoms with van der Waals surface area (Å²) in [5.41, 5.74) is 1.04. The van der Waals surface area contributed by atoms with Gasteiger partial charge >= 0.3 is 5.97 Å². The first-order chi connectivity index (χ1) is 11.5. The smallest absolute Gasteiger partial charge is 0.317 e. The highest BCUT2D eigenvalue weighted by molar-refractivity contribution is 6.30. The van der Waals surface area contributed by atoms with Crippen LogP contribution in [-0.2, 0) is 19.7 Å². The molecular weight excluding hydrogens is 326 g/mol. The molecule has 1 fully saturated rings. The normalized spacial score (nSPS) is 14.8. The largest absolute Gasteiger partial charge is 0.455 e.